The van der Waals surface area contributed by atoms with Gasteiger partial charge in [0, 0.05) is 60.1 Å². The monoisotopic (exact) mass is 537 g/mol. The van der Waals surface area contributed by atoms with E-state index in [1.807, 2.05) is 12.3 Å². The number of nitrogens with zero attached hydrogens (tertiary/aromatic N) is 2. The first-order chi connectivity index (χ1) is 17.7. The second kappa shape index (κ2) is 10.8. The highest BCUT2D eigenvalue weighted by atomic mass is 32.1. The van der Waals surface area contributed by atoms with Crippen LogP contribution in [0.3, 0.4) is 0 Å². The number of fused-ring (bicyclic) bond motifs is 1. The fourth-order valence-corrected chi connectivity index (χ4v) is 6.76. The summed E-state index contributed by atoms with van der Waals surface area (Å²) >= 11 is 1.36. The lowest BCUT2D eigenvalue weighted by Gasteiger charge is -2.36. The van der Waals surface area contributed by atoms with Gasteiger partial charge in [0.25, 0.3) is 0 Å². The molecule has 202 valence electrons. The summed E-state index contributed by atoms with van der Waals surface area (Å²) in [5, 5.41) is 6.05. The van der Waals surface area contributed by atoms with Crippen LogP contribution in [0.4, 0.5) is 18.9 Å². The van der Waals surface area contributed by atoms with Crippen molar-refractivity contribution >= 4 is 39.0 Å². The number of esters is 1. The Labute approximate surface area is 219 Å². The van der Waals surface area contributed by atoms with Crippen molar-refractivity contribution in [3.8, 4) is 0 Å². The number of halogens is 3. The van der Waals surface area contributed by atoms with E-state index in [1.165, 1.54) is 23.5 Å². The molecule has 2 aliphatic carbocycles. The Bertz CT molecular complexity index is 1120. The molecular weight excluding hydrogens is 503 g/mol. The molecule has 1 aromatic carbocycles. The molecule has 2 atom stereocenters. The van der Waals surface area contributed by atoms with Gasteiger partial charge in [-0.1, -0.05) is 6.07 Å². The van der Waals surface area contributed by atoms with E-state index in [2.05, 4.69) is 15.1 Å². The lowest BCUT2D eigenvalue weighted by Crippen LogP contribution is -2.47. The van der Waals surface area contributed by atoms with Gasteiger partial charge in [-0.15, -0.1) is 11.3 Å². The van der Waals surface area contributed by atoms with Gasteiger partial charge < -0.3 is 15.0 Å². The van der Waals surface area contributed by atoms with Gasteiger partial charge in [-0.3, -0.25) is 14.5 Å². The summed E-state index contributed by atoms with van der Waals surface area (Å²) in [6, 6.07) is 4.15. The van der Waals surface area contributed by atoms with Crippen molar-refractivity contribution < 1.29 is 27.5 Å². The second-order valence-electron chi connectivity index (χ2n) is 10.5. The van der Waals surface area contributed by atoms with Gasteiger partial charge >= 0.3 is 12.1 Å². The molecule has 2 aromatic rings. The molecule has 1 aliphatic heterocycles. The molecule has 0 bridgehead atoms. The normalized spacial score (nSPS) is 26.8. The first kappa shape index (κ1) is 26.3. The van der Waals surface area contributed by atoms with Gasteiger partial charge in [0.15, 0.2) is 0 Å². The Hall–Kier alpha value is -2.33. The first-order valence-electron chi connectivity index (χ1n) is 13.3. The molecule has 1 saturated heterocycles. The zero-order chi connectivity index (χ0) is 26.2. The Kier molecular flexibility index (Phi) is 7.68. The third kappa shape index (κ3) is 6.06. The minimum Gasteiger partial charge on any atom is -0.466 e. The van der Waals surface area contributed by atoms with E-state index in [0.29, 0.717) is 17.2 Å². The van der Waals surface area contributed by atoms with Crippen molar-refractivity contribution in [3.05, 3.63) is 29.1 Å². The molecule has 37 heavy (non-hydrogen) atoms. The van der Waals surface area contributed by atoms with Crippen LogP contribution in [-0.2, 0) is 20.5 Å². The molecule has 6 nitrogen and oxygen atoms in total. The van der Waals surface area contributed by atoms with Gasteiger partial charge in [-0.25, -0.2) is 0 Å². The molecule has 0 radical (unpaired) electrons. The first-order valence-corrected chi connectivity index (χ1v) is 14.1. The molecule has 1 aromatic heterocycles. The Morgan fingerprint density at radius 2 is 1.84 bits per heavy atom. The number of ether oxygens (including phenoxy) is 1. The molecule has 0 spiro atoms. The van der Waals surface area contributed by atoms with Crippen LogP contribution in [0.15, 0.2) is 23.6 Å². The van der Waals surface area contributed by atoms with E-state index in [4.69, 9.17) is 4.74 Å². The summed E-state index contributed by atoms with van der Waals surface area (Å²) in [6.07, 6.45) is -0.227. The van der Waals surface area contributed by atoms with Gasteiger partial charge in [0.1, 0.15) is 0 Å². The second-order valence-corrected chi connectivity index (χ2v) is 11.4. The number of carbonyl (C=O) groups excluding carboxylic acids is 2. The van der Waals surface area contributed by atoms with Gasteiger partial charge in [-0.05, 0) is 57.1 Å². The molecule has 2 heterocycles. The van der Waals surface area contributed by atoms with Crippen molar-refractivity contribution in [1.29, 1.82) is 0 Å². The topological polar surface area (TPSA) is 61.9 Å². The smallest absolute Gasteiger partial charge is 0.416 e. The number of anilines is 1. The number of thiophene rings is 1. The third-order valence-electron chi connectivity index (χ3n) is 8.04. The number of hydrogen-bond acceptors (Lipinski definition) is 6. The zero-order valence-corrected chi connectivity index (χ0v) is 21.9. The summed E-state index contributed by atoms with van der Waals surface area (Å²) in [5.41, 5.74) is 0.403. The Balaban J connectivity index is 1.05. The number of alkyl halides is 3. The summed E-state index contributed by atoms with van der Waals surface area (Å²) in [7, 11) is 0. The average molecular weight is 538 g/mol. The molecule has 10 heteroatoms. The average Bonchev–Trinajstić information content (AvgIpc) is 3.52. The minimum atomic E-state index is -4.33. The van der Waals surface area contributed by atoms with Gasteiger partial charge in [0.05, 0.1) is 23.8 Å². The van der Waals surface area contributed by atoms with Crippen LogP contribution in [0.2, 0.25) is 0 Å². The largest absolute Gasteiger partial charge is 0.466 e. The van der Waals surface area contributed by atoms with E-state index in [1.54, 1.807) is 6.07 Å². The van der Waals surface area contributed by atoms with Crippen LogP contribution in [0.1, 0.15) is 44.6 Å². The van der Waals surface area contributed by atoms with E-state index in [-0.39, 0.29) is 29.8 Å². The molecule has 3 aliphatic rings. The highest BCUT2D eigenvalue weighted by molar-refractivity contribution is 7.17. The summed E-state index contributed by atoms with van der Waals surface area (Å²) < 4.78 is 44.9. The highest BCUT2D eigenvalue weighted by Gasteiger charge is 2.44. The molecule has 1 unspecified atom stereocenters. The van der Waals surface area contributed by atoms with Crippen molar-refractivity contribution in [2.45, 2.75) is 51.2 Å². The number of piperazine rings is 1. The van der Waals surface area contributed by atoms with Crippen LogP contribution in [0.25, 0.3) is 10.1 Å². The van der Waals surface area contributed by atoms with Crippen LogP contribution in [0, 0.1) is 17.8 Å². The van der Waals surface area contributed by atoms with Crippen molar-refractivity contribution in [2.24, 2.45) is 17.8 Å². The molecule has 1 amide bonds. The summed E-state index contributed by atoms with van der Waals surface area (Å²) in [6.45, 7) is 6.52. The lowest BCUT2D eigenvalue weighted by atomic mass is 9.86. The van der Waals surface area contributed by atoms with Crippen LogP contribution in [-0.4, -0.2) is 62.1 Å². The highest BCUT2D eigenvalue weighted by Crippen LogP contribution is 2.41. The van der Waals surface area contributed by atoms with Crippen molar-refractivity contribution in [2.75, 3.05) is 44.2 Å². The lowest BCUT2D eigenvalue weighted by molar-refractivity contribution is -0.149. The summed E-state index contributed by atoms with van der Waals surface area (Å²) in [5.74, 6) is 0.447. The number of amides is 1. The molecule has 1 N–H and O–H groups in total. The summed E-state index contributed by atoms with van der Waals surface area (Å²) in [4.78, 5) is 29.3. The number of carbonyl (C=O) groups is 2. The molecule has 2 saturated carbocycles. The van der Waals surface area contributed by atoms with Crippen LogP contribution in [0.5, 0.6) is 0 Å². The third-order valence-corrected chi connectivity index (χ3v) is 8.97. The van der Waals surface area contributed by atoms with Gasteiger partial charge in [-0.2, -0.15) is 13.2 Å². The van der Waals surface area contributed by atoms with Crippen molar-refractivity contribution in [1.82, 2.24) is 10.2 Å². The predicted octanol–water partition coefficient (Wildman–Crippen LogP) is 4.92. The number of hydrogen-bond donors (Lipinski definition) is 1. The number of benzene rings is 1. The molecule has 3 fully saturated rings. The fourth-order valence-electron chi connectivity index (χ4n) is 5.75. The van der Waals surface area contributed by atoms with E-state index >= 15 is 0 Å². The standard InChI is InChI=1S/C27H34F3N3O3S/c1-2-36-26(35)17-3-6-20(7-4-17)31-25(34)22-13-18(22)15-32-9-11-33(12-10-32)23-16-37-24-14-19(27(28,29)30)5-8-21(23)24/h5,8,14,16-18,20,22H,2-4,6-7,9-13,15H2,1H3,(H,31,34)/t17?,18?,20?,22-/m0/s1. The predicted molar refractivity (Wildman–Crippen MR) is 138 cm³/mol. The fraction of sp³-hybridized carbons (Fsp3) is 0.630. The maximum absolute atomic E-state index is 13.0. The van der Waals surface area contributed by atoms with E-state index in [9.17, 15) is 22.8 Å². The molecular formula is C27H34F3N3O3S. The minimum absolute atomic E-state index is 0.0372. The molecule has 5 rings (SSSR count). The van der Waals surface area contributed by atoms with Gasteiger partial charge in [0.2, 0.25) is 5.91 Å². The maximum atomic E-state index is 13.0. The maximum Gasteiger partial charge on any atom is 0.416 e. The number of nitrogens with one attached hydrogen (secondary N) is 1. The Morgan fingerprint density at radius 1 is 1.11 bits per heavy atom. The Morgan fingerprint density at radius 3 is 2.51 bits per heavy atom. The van der Waals surface area contributed by atoms with Crippen molar-refractivity contribution in [3.63, 3.8) is 0 Å². The SMILES string of the molecule is CCOC(=O)C1CCC(NC(=O)[C@H]2CC2CN2CCN(c3csc4cc(C(F)(F)F)ccc34)CC2)CC1. The zero-order valence-electron chi connectivity index (χ0n) is 21.1. The van der Waals surface area contributed by atoms with Crippen LogP contribution >= 0.6 is 11.3 Å². The quantitative estimate of drug-likeness (QED) is 0.509. The number of rotatable bonds is 7. The van der Waals surface area contributed by atoms with E-state index in [0.717, 1.165) is 75.9 Å². The van der Waals surface area contributed by atoms with E-state index < -0.39 is 11.7 Å². The van der Waals surface area contributed by atoms with Crippen LogP contribution < -0.4 is 10.2 Å².